The summed E-state index contributed by atoms with van der Waals surface area (Å²) in [7, 11) is 0. The molecule has 264 valence electrons. The minimum atomic E-state index is -0.644. The largest absolute Gasteiger partial charge is 0.508 e. The number of hydrogen-bond acceptors (Lipinski definition) is 9. The summed E-state index contributed by atoms with van der Waals surface area (Å²) in [6, 6.07) is 28.4. The van der Waals surface area contributed by atoms with Crippen molar-refractivity contribution in [1.82, 2.24) is 10.2 Å². The number of nitrogens with zero attached hydrogens (tertiary/aromatic N) is 1. The van der Waals surface area contributed by atoms with Gasteiger partial charge in [-0.25, -0.2) is 0 Å². The van der Waals surface area contributed by atoms with Crippen LogP contribution in [0.2, 0.25) is 0 Å². The Kier molecular flexibility index (Phi) is 10.5. The zero-order valence-electron chi connectivity index (χ0n) is 28.1. The molecular formula is C40H40N2O9. The summed E-state index contributed by atoms with van der Waals surface area (Å²) in [6.45, 7) is 3.15. The molecule has 3 aliphatic rings. The van der Waals surface area contributed by atoms with Crippen LogP contribution >= 0.6 is 0 Å². The van der Waals surface area contributed by atoms with Gasteiger partial charge in [-0.3, -0.25) is 19.7 Å². The molecule has 3 amide bonds. The molecule has 11 heteroatoms. The Labute approximate surface area is 296 Å². The molecule has 0 saturated carbocycles. The van der Waals surface area contributed by atoms with Gasteiger partial charge in [-0.05, 0) is 59.5 Å². The molecule has 3 aliphatic heterocycles. The van der Waals surface area contributed by atoms with E-state index in [4.69, 9.17) is 23.7 Å². The van der Waals surface area contributed by atoms with Gasteiger partial charge < -0.3 is 33.7 Å². The van der Waals surface area contributed by atoms with Crippen LogP contribution in [0.5, 0.6) is 23.0 Å². The molecule has 1 saturated heterocycles. The number of phenolic OH excluding ortho intramolecular Hbond substituents is 1. The van der Waals surface area contributed by atoms with E-state index in [-0.39, 0.29) is 35.8 Å². The van der Waals surface area contributed by atoms with Gasteiger partial charge in [0.2, 0.25) is 11.8 Å². The first-order valence-corrected chi connectivity index (χ1v) is 17.2. The fourth-order valence-electron chi connectivity index (χ4n) is 6.97. The van der Waals surface area contributed by atoms with Gasteiger partial charge in [-0.1, -0.05) is 48.5 Å². The zero-order valence-corrected chi connectivity index (χ0v) is 28.1. The van der Waals surface area contributed by atoms with Gasteiger partial charge >= 0.3 is 0 Å². The first-order chi connectivity index (χ1) is 24.9. The Morgan fingerprint density at radius 2 is 1.47 bits per heavy atom. The van der Waals surface area contributed by atoms with Crippen molar-refractivity contribution in [3.8, 4) is 23.0 Å². The highest BCUT2D eigenvalue weighted by molar-refractivity contribution is 6.05. The molecule has 7 rings (SSSR count). The maximum atomic E-state index is 12.9. The minimum Gasteiger partial charge on any atom is -0.508 e. The van der Waals surface area contributed by atoms with Crippen LogP contribution in [0, 0.1) is 0 Å². The van der Waals surface area contributed by atoms with Crippen molar-refractivity contribution in [1.29, 1.82) is 0 Å². The first-order valence-electron chi connectivity index (χ1n) is 17.2. The average molecular weight is 693 g/mol. The average Bonchev–Trinajstić information content (AvgIpc) is 3.47. The lowest BCUT2D eigenvalue weighted by molar-refractivity contribution is -0.136. The fourth-order valence-corrected chi connectivity index (χ4v) is 6.97. The summed E-state index contributed by atoms with van der Waals surface area (Å²) in [4.78, 5) is 38.1. The van der Waals surface area contributed by atoms with Gasteiger partial charge in [0.25, 0.3) is 5.91 Å². The molecule has 4 aromatic carbocycles. The standard InChI is InChI=1S/C40H40N2O9/c43-29-8-12-33-36(23-29)51-25-34(26-4-2-1-3-5-26)38(33)27-6-9-30(10-7-27)49-20-18-47-16-17-48-19-21-50-31-11-13-32-28(22-31)24-42(40(32)46)35-14-15-37(44)41-39(35)45/h1-13,22-23,34-35,38,43H,14-21,24-25H2,(H,41,44,45)/t34?,35?,38-/m1/s1. The van der Waals surface area contributed by atoms with E-state index in [1.54, 1.807) is 24.3 Å². The monoisotopic (exact) mass is 692 g/mol. The highest BCUT2D eigenvalue weighted by Crippen LogP contribution is 2.47. The Hall–Kier alpha value is -5.39. The number of benzene rings is 4. The summed E-state index contributed by atoms with van der Waals surface area (Å²) >= 11 is 0. The third-order valence-corrected chi connectivity index (χ3v) is 9.48. The van der Waals surface area contributed by atoms with Crippen molar-refractivity contribution in [2.45, 2.75) is 37.3 Å². The Morgan fingerprint density at radius 3 is 2.22 bits per heavy atom. The smallest absolute Gasteiger partial charge is 0.255 e. The quantitative estimate of drug-likeness (QED) is 0.139. The van der Waals surface area contributed by atoms with Crippen LogP contribution in [0.15, 0.2) is 91.0 Å². The van der Waals surface area contributed by atoms with Crippen molar-refractivity contribution in [3.63, 3.8) is 0 Å². The summed E-state index contributed by atoms with van der Waals surface area (Å²) in [6.07, 6.45) is 0.546. The molecule has 2 N–H and O–H groups in total. The number of fused-ring (bicyclic) bond motifs is 2. The third kappa shape index (κ3) is 7.84. The Morgan fingerprint density at radius 1 is 0.765 bits per heavy atom. The molecule has 51 heavy (non-hydrogen) atoms. The molecule has 0 spiro atoms. The molecular weight excluding hydrogens is 652 g/mol. The van der Waals surface area contributed by atoms with Crippen molar-refractivity contribution in [3.05, 3.63) is 119 Å². The van der Waals surface area contributed by atoms with Crippen LogP contribution in [0.4, 0.5) is 0 Å². The van der Waals surface area contributed by atoms with E-state index < -0.39 is 11.9 Å². The molecule has 0 radical (unpaired) electrons. The van der Waals surface area contributed by atoms with Crippen LogP contribution in [-0.2, 0) is 25.6 Å². The number of carbonyl (C=O) groups is 3. The van der Waals surface area contributed by atoms with Crippen LogP contribution in [0.25, 0.3) is 0 Å². The van der Waals surface area contributed by atoms with Crippen molar-refractivity contribution in [2.24, 2.45) is 0 Å². The summed E-state index contributed by atoms with van der Waals surface area (Å²) in [5.41, 5.74) is 4.73. The van der Waals surface area contributed by atoms with E-state index in [0.717, 1.165) is 22.4 Å². The van der Waals surface area contributed by atoms with Crippen LogP contribution in [0.3, 0.4) is 0 Å². The van der Waals surface area contributed by atoms with E-state index in [1.165, 1.54) is 10.5 Å². The van der Waals surface area contributed by atoms with Gasteiger partial charge in [0.1, 0.15) is 42.3 Å². The maximum Gasteiger partial charge on any atom is 0.255 e. The first kappa shape index (κ1) is 34.1. The van der Waals surface area contributed by atoms with Gasteiger partial charge in [0.15, 0.2) is 0 Å². The van der Waals surface area contributed by atoms with Crippen LogP contribution in [0.1, 0.15) is 57.3 Å². The second kappa shape index (κ2) is 15.7. The van der Waals surface area contributed by atoms with Crippen molar-refractivity contribution in [2.75, 3.05) is 46.2 Å². The number of carbonyl (C=O) groups excluding carboxylic acids is 3. The Balaban J connectivity index is 0.804. The number of hydrogen-bond donors (Lipinski definition) is 2. The van der Waals surface area contributed by atoms with E-state index in [9.17, 15) is 19.5 Å². The van der Waals surface area contributed by atoms with E-state index in [2.05, 4.69) is 29.6 Å². The van der Waals surface area contributed by atoms with Gasteiger partial charge in [-0.2, -0.15) is 0 Å². The normalized spacial score (nSPS) is 19.6. The van der Waals surface area contributed by atoms with E-state index in [1.807, 2.05) is 42.5 Å². The van der Waals surface area contributed by atoms with E-state index >= 15 is 0 Å². The second-order valence-corrected chi connectivity index (χ2v) is 12.7. The van der Waals surface area contributed by atoms with E-state index in [0.29, 0.717) is 76.3 Å². The SMILES string of the molecule is O=C1CCC(N2Cc3cc(OCCOCCOCCOc4ccc([C@@H]5c6ccc(O)cc6OCC5c5ccccc5)cc4)ccc3C2=O)C(=O)N1. The summed E-state index contributed by atoms with van der Waals surface area (Å²) in [5.74, 6) is 1.51. The summed E-state index contributed by atoms with van der Waals surface area (Å²) in [5, 5.41) is 12.3. The molecule has 0 bridgehead atoms. The highest BCUT2D eigenvalue weighted by atomic mass is 16.6. The number of piperidine rings is 1. The minimum absolute atomic E-state index is 0.0661. The number of nitrogens with one attached hydrogen (secondary N) is 1. The summed E-state index contributed by atoms with van der Waals surface area (Å²) < 4.78 is 29.1. The van der Waals surface area contributed by atoms with Crippen LogP contribution < -0.4 is 19.5 Å². The predicted molar refractivity (Wildman–Crippen MR) is 186 cm³/mol. The number of aromatic hydroxyl groups is 1. The van der Waals surface area contributed by atoms with Gasteiger partial charge in [-0.15, -0.1) is 0 Å². The zero-order chi connectivity index (χ0) is 35.2. The Bertz CT molecular complexity index is 1860. The predicted octanol–water partition coefficient (Wildman–Crippen LogP) is 4.95. The molecule has 3 heterocycles. The lowest BCUT2D eigenvalue weighted by atomic mass is 9.76. The lowest BCUT2D eigenvalue weighted by Crippen LogP contribution is -2.52. The van der Waals surface area contributed by atoms with Gasteiger partial charge in [0.05, 0.1) is 33.0 Å². The number of rotatable bonds is 14. The van der Waals surface area contributed by atoms with Crippen LogP contribution in [-0.4, -0.2) is 80.0 Å². The van der Waals surface area contributed by atoms with Gasteiger partial charge in [0, 0.05) is 42.0 Å². The maximum absolute atomic E-state index is 12.9. The molecule has 3 atom stereocenters. The molecule has 1 fully saturated rings. The topological polar surface area (TPSA) is 133 Å². The molecule has 0 aliphatic carbocycles. The molecule has 11 nitrogen and oxygen atoms in total. The fraction of sp³-hybridized carbons (Fsp3) is 0.325. The number of phenols is 1. The third-order valence-electron chi connectivity index (χ3n) is 9.48. The number of ether oxygens (including phenoxy) is 5. The molecule has 2 unspecified atom stereocenters. The lowest BCUT2D eigenvalue weighted by Gasteiger charge is -2.34. The number of amides is 3. The van der Waals surface area contributed by atoms with Crippen molar-refractivity contribution < 1.29 is 43.2 Å². The molecule has 4 aromatic rings. The number of imide groups is 1. The highest BCUT2D eigenvalue weighted by Gasteiger charge is 2.39. The second-order valence-electron chi connectivity index (χ2n) is 12.7. The molecule has 0 aromatic heterocycles. The van der Waals surface area contributed by atoms with Crippen molar-refractivity contribution >= 4 is 17.7 Å².